The Balaban J connectivity index is 1.43. The summed E-state index contributed by atoms with van der Waals surface area (Å²) in [5.41, 5.74) is 5.50. The molecule has 0 saturated heterocycles. The molecule has 2 aromatic carbocycles. The Kier molecular flexibility index (Phi) is 5.53. The average Bonchev–Trinajstić information content (AvgIpc) is 2.72. The van der Waals surface area contributed by atoms with Crippen LogP contribution in [0.4, 0.5) is 5.69 Å². The van der Waals surface area contributed by atoms with Crippen LogP contribution in [0.1, 0.15) is 48.3 Å². The number of hydrogen-bond donors (Lipinski definition) is 2. The summed E-state index contributed by atoms with van der Waals surface area (Å²) in [7, 11) is 0. The van der Waals surface area contributed by atoms with E-state index in [-0.39, 0.29) is 29.9 Å². The van der Waals surface area contributed by atoms with Crippen molar-refractivity contribution in [3.63, 3.8) is 0 Å². The number of Topliss-reactive ketones (excluding diaryl/α,β-unsaturated/α-hetero) is 1. The first-order valence-corrected chi connectivity index (χ1v) is 10.4. The smallest absolute Gasteiger partial charge is 0.228 e. The van der Waals surface area contributed by atoms with Crippen LogP contribution in [0.15, 0.2) is 59.8 Å². The van der Waals surface area contributed by atoms with E-state index in [1.807, 2.05) is 62.4 Å². The van der Waals surface area contributed by atoms with Crippen molar-refractivity contribution in [1.82, 2.24) is 5.32 Å². The van der Waals surface area contributed by atoms with E-state index in [0.29, 0.717) is 24.8 Å². The molecule has 0 saturated carbocycles. The standard InChI is InChI=1S/C25H26N2O3/c1-15-8-9-20(10-16(15)2)26-24(29)14-19-11-21-22(27-25(19)30)12-18(13-23(21)28)17-6-4-3-5-7-17/h3-10,18-19H,11-14H2,1-2H3,(H,26,29)(H,27,30). The molecule has 5 nitrogen and oxygen atoms in total. The van der Waals surface area contributed by atoms with Gasteiger partial charge in [0.05, 0.1) is 5.92 Å². The molecule has 0 fully saturated rings. The monoisotopic (exact) mass is 402 g/mol. The lowest BCUT2D eigenvalue weighted by Gasteiger charge is -2.33. The lowest BCUT2D eigenvalue weighted by atomic mass is 9.77. The second-order valence-corrected chi connectivity index (χ2v) is 8.34. The molecule has 2 N–H and O–H groups in total. The Morgan fingerprint density at radius 3 is 2.50 bits per heavy atom. The second-order valence-electron chi connectivity index (χ2n) is 8.34. The van der Waals surface area contributed by atoms with E-state index < -0.39 is 5.92 Å². The summed E-state index contributed by atoms with van der Waals surface area (Å²) < 4.78 is 0. The molecular weight excluding hydrogens is 376 g/mol. The predicted octanol–water partition coefficient (Wildman–Crippen LogP) is 4.17. The fraction of sp³-hybridized carbons (Fsp3) is 0.320. The molecule has 2 aromatic rings. The molecule has 2 aliphatic rings. The van der Waals surface area contributed by atoms with Crippen molar-refractivity contribution in [2.75, 3.05) is 5.32 Å². The highest BCUT2D eigenvalue weighted by Gasteiger charge is 2.37. The van der Waals surface area contributed by atoms with Crippen LogP contribution < -0.4 is 10.6 Å². The predicted molar refractivity (Wildman–Crippen MR) is 116 cm³/mol. The number of allylic oxidation sites excluding steroid dienone is 2. The van der Waals surface area contributed by atoms with Gasteiger partial charge in [-0.2, -0.15) is 0 Å². The lowest BCUT2D eigenvalue weighted by Crippen LogP contribution is -2.41. The van der Waals surface area contributed by atoms with E-state index in [1.54, 1.807) is 0 Å². The second kappa shape index (κ2) is 8.27. The molecule has 1 heterocycles. The maximum absolute atomic E-state index is 12.8. The Morgan fingerprint density at radius 1 is 1.00 bits per heavy atom. The van der Waals surface area contributed by atoms with E-state index in [0.717, 1.165) is 28.1 Å². The number of aryl methyl sites for hydroxylation is 2. The van der Waals surface area contributed by atoms with Crippen molar-refractivity contribution in [3.05, 3.63) is 76.5 Å². The van der Waals surface area contributed by atoms with E-state index in [1.165, 1.54) is 0 Å². The van der Waals surface area contributed by atoms with Crippen LogP contribution >= 0.6 is 0 Å². The quantitative estimate of drug-likeness (QED) is 0.806. The third-order valence-electron chi connectivity index (χ3n) is 6.17. The third-order valence-corrected chi connectivity index (χ3v) is 6.17. The zero-order valence-corrected chi connectivity index (χ0v) is 17.3. The van der Waals surface area contributed by atoms with Crippen LogP contribution in [0.5, 0.6) is 0 Å². The molecule has 5 heteroatoms. The number of ketones is 1. The minimum absolute atomic E-state index is 0.0604. The molecule has 0 radical (unpaired) electrons. The molecule has 2 atom stereocenters. The van der Waals surface area contributed by atoms with Crippen LogP contribution in [0.3, 0.4) is 0 Å². The first-order valence-electron chi connectivity index (χ1n) is 10.4. The zero-order valence-electron chi connectivity index (χ0n) is 17.3. The van der Waals surface area contributed by atoms with E-state index >= 15 is 0 Å². The molecule has 4 rings (SSSR count). The van der Waals surface area contributed by atoms with Gasteiger partial charge in [0.1, 0.15) is 0 Å². The summed E-state index contributed by atoms with van der Waals surface area (Å²) in [5.74, 6) is -0.752. The van der Waals surface area contributed by atoms with Crippen LogP contribution in [0.25, 0.3) is 0 Å². The molecule has 1 aliphatic heterocycles. The Labute approximate surface area is 176 Å². The van der Waals surface area contributed by atoms with Gasteiger partial charge in [-0.1, -0.05) is 36.4 Å². The fourth-order valence-corrected chi connectivity index (χ4v) is 4.29. The minimum Gasteiger partial charge on any atom is -0.329 e. The molecule has 0 bridgehead atoms. The van der Waals surface area contributed by atoms with E-state index in [2.05, 4.69) is 10.6 Å². The fourth-order valence-electron chi connectivity index (χ4n) is 4.29. The average molecular weight is 402 g/mol. The van der Waals surface area contributed by atoms with Crippen LogP contribution in [-0.2, 0) is 14.4 Å². The largest absolute Gasteiger partial charge is 0.329 e. The Bertz CT molecular complexity index is 1040. The third kappa shape index (κ3) is 4.20. The molecule has 0 spiro atoms. The topological polar surface area (TPSA) is 75.3 Å². The summed E-state index contributed by atoms with van der Waals surface area (Å²) in [6, 6.07) is 15.7. The first kappa shape index (κ1) is 20.1. The summed E-state index contributed by atoms with van der Waals surface area (Å²) in [6.45, 7) is 4.01. The number of carbonyl (C=O) groups excluding carboxylic acids is 3. The number of carbonyl (C=O) groups is 3. The van der Waals surface area contributed by atoms with Crippen molar-refractivity contribution in [2.45, 2.75) is 45.4 Å². The van der Waals surface area contributed by atoms with Crippen molar-refractivity contribution >= 4 is 23.3 Å². The van der Waals surface area contributed by atoms with E-state index in [4.69, 9.17) is 0 Å². The summed E-state index contributed by atoms with van der Waals surface area (Å²) in [4.78, 5) is 38.0. The van der Waals surface area contributed by atoms with Crippen molar-refractivity contribution < 1.29 is 14.4 Å². The normalized spacial score (nSPS) is 21.1. The number of anilines is 1. The number of rotatable bonds is 4. The molecule has 30 heavy (non-hydrogen) atoms. The van der Waals surface area contributed by atoms with Crippen molar-refractivity contribution in [1.29, 1.82) is 0 Å². The highest BCUT2D eigenvalue weighted by atomic mass is 16.2. The van der Waals surface area contributed by atoms with E-state index in [9.17, 15) is 14.4 Å². The summed E-state index contributed by atoms with van der Waals surface area (Å²) in [5, 5.41) is 5.79. The molecule has 154 valence electrons. The zero-order chi connectivity index (χ0) is 21.3. The Morgan fingerprint density at radius 2 is 1.77 bits per heavy atom. The first-order chi connectivity index (χ1) is 14.4. The molecule has 0 aromatic heterocycles. The Hall–Kier alpha value is -3.21. The summed E-state index contributed by atoms with van der Waals surface area (Å²) >= 11 is 0. The SMILES string of the molecule is Cc1ccc(NC(=O)CC2CC3=C(CC(c4ccccc4)CC3=O)NC2=O)cc1C. The lowest BCUT2D eigenvalue weighted by molar-refractivity contribution is -0.129. The number of amides is 2. The van der Waals surface area contributed by atoms with Gasteiger partial charge >= 0.3 is 0 Å². The van der Waals surface area contributed by atoms with Gasteiger partial charge in [0.2, 0.25) is 11.8 Å². The van der Waals surface area contributed by atoms with Crippen LogP contribution in [0.2, 0.25) is 0 Å². The van der Waals surface area contributed by atoms with Crippen molar-refractivity contribution in [2.24, 2.45) is 5.92 Å². The van der Waals surface area contributed by atoms with Gasteiger partial charge in [-0.3, -0.25) is 14.4 Å². The molecule has 2 amide bonds. The van der Waals surface area contributed by atoms with Gasteiger partial charge in [0.25, 0.3) is 0 Å². The van der Waals surface area contributed by atoms with Crippen molar-refractivity contribution in [3.8, 4) is 0 Å². The molecular formula is C25H26N2O3. The highest BCUT2D eigenvalue weighted by Crippen LogP contribution is 2.38. The molecule has 2 unspecified atom stereocenters. The van der Waals surface area contributed by atoms with Gasteiger partial charge in [0.15, 0.2) is 5.78 Å². The van der Waals surface area contributed by atoms with Gasteiger partial charge in [0, 0.05) is 29.8 Å². The number of benzene rings is 2. The van der Waals surface area contributed by atoms with Gasteiger partial charge < -0.3 is 10.6 Å². The minimum atomic E-state index is -0.521. The summed E-state index contributed by atoms with van der Waals surface area (Å²) in [6.07, 6.45) is 1.49. The highest BCUT2D eigenvalue weighted by molar-refractivity contribution is 6.02. The number of hydrogen-bond acceptors (Lipinski definition) is 3. The van der Waals surface area contributed by atoms with Crippen LogP contribution in [0, 0.1) is 19.8 Å². The maximum atomic E-state index is 12.8. The maximum Gasteiger partial charge on any atom is 0.228 e. The molecule has 1 aliphatic carbocycles. The number of nitrogens with one attached hydrogen (secondary N) is 2. The van der Waals surface area contributed by atoms with Gasteiger partial charge in [-0.05, 0) is 61.4 Å². The van der Waals surface area contributed by atoms with Gasteiger partial charge in [-0.15, -0.1) is 0 Å². The van der Waals surface area contributed by atoms with Crippen LogP contribution in [-0.4, -0.2) is 17.6 Å². The van der Waals surface area contributed by atoms with Gasteiger partial charge in [-0.25, -0.2) is 0 Å².